The Balaban J connectivity index is 1.49. The predicted octanol–water partition coefficient (Wildman–Crippen LogP) is 2.71. The van der Waals surface area contributed by atoms with Gasteiger partial charge in [0.05, 0.1) is 0 Å². The Hall–Kier alpha value is -1.06. The SMILES string of the molecule is O=C(NC1CCN(C2CC2)CC1)C(Cl)c1ccccc1. The summed E-state index contributed by atoms with van der Waals surface area (Å²) < 4.78 is 0. The Labute approximate surface area is 125 Å². The van der Waals surface area contributed by atoms with Crippen molar-refractivity contribution in [2.75, 3.05) is 13.1 Å². The van der Waals surface area contributed by atoms with Crippen molar-refractivity contribution < 1.29 is 4.79 Å². The van der Waals surface area contributed by atoms with Crippen LogP contribution in [0.25, 0.3) is 0 Å². The van der Waals surface area contributed by atoms with Gasteiger partial charge in [0.25, 0.3) is 0 Å². The van der Waals surface area contributed by atoms with Crippen LogP contribution in [0.15, 0.2) is 30.3 Å². The summed E-state index contributed by atoms with van der Waals surface area (Å²) >= 11 is 6.24. The summed E-state index contributed by atoms with van der Waals surface area (Å²) in [4.78, 5) is 14.7. The maximum atomic E-state index is 12.2. The number of hydrogen-bond acceptors (Lipinski definition) is 2. The number of rotatable bonds is 4. The molecule has 3 rings (SSSR count). The first-order valence-corrected chi connectivity index (χ1v) is 7.91. The fraction of sp³-hybridized carbons (Fsp3) is 0.562. The van der Waals surface area contributed by atoms with Crippen molar-refractivity contribution in [3.05, 3.63) is 35.9 Å². The molecule has 1 atom stereocenters. The molecular weight excluding hydrogens is 272 g/mol. The first-order valence-electron chi connectivity index (χ1n) is 7.47. The lowest BCUT2D eigenvalue weighted by Crippen LogP contribution is -2.46. The van der Waals surface area contributed by atoms with Crippen LogP contribution >= 0.6 is 11.6 Å². The van der Waals surface area contributed by atoms with Gasteiger partial charge in [-0.15, -0.1) is 11.6 Å². The van der Waals surface area contributed by atoms with Gasteiger partial charge in [-0.05, 0) is 31.2 Å². The molecular formula is C16H21ClN2O. The minimum Gasteiger partial charge on any atom is -0.352 e. The number of likely N-dealkylation sites (tertiary alicyclic amines) is 1. The highest BCUT2D eigenvalue weighted by atomic mass is 35.5. The van der Waals surface area contributed by atoms with Gasteiger partial charge in [0, 0.05) is 25.2 Å². The van der Waals surface area contributed by atoms with Gasteiger partial charge in [0.15, 0.2) is 0 Å². The van der Waals surface area contributed by atoms with Crippen LogP contribution in [-0.4, -0.2) is 36.0 Å². The van der Waals surface area contributed by atoms with Crippen LogP contribution in [0.1, 0.15) is 36.6 Å². The normalized spacial score (nSPS) is 22.4. The maximum absolute atomic E-state index is 12.2. The van der Waals surface area contributed by atoms with E-state index in [9.17, 15) is 4.79 Å². The summed E-state index contributed by atoms with van der Waals surface area (Å²) in [5.41, 5.74) is 0.863. The molecule has 0 bridgehead atoms. The Morgan fingerprint density at radius 2 is 1.80 bits per heavy atom. The van der Waals surface area contributed by atoms with Crippen molar-refractivity contribution in [2.24, 2.45) is 0 Å². The largest absolute Gasteiger partial charge is 0.352 e. The third-order valence-electron chi connectivity index (χ3n) is 4.26. The quantitative estimate of drug-likeness (QED) is 0.866. The first kappa shape index (κ1) is 13.9. The minimum atomic E-state index is -0.585. The van der Waals surface area contributed by atoms with Gasteiger partial charge < -0.3 is 10.2 Å². The lowest BCUT2D eigenvalue weighted by molar-refractivity contribution is -0.121. The molecule has 1 N–H and O–H groups in total. The summed E-state index contributed by atoms with van der Waals surface area (Å²) in [6, 6.07) is 10.6. The Morgan fingerprint density at radius 3 is 2.40 bits per heavy atom. The monoisotopic (exact) mass is 292 g/mol. The standard InChI is InChI=1S/C16H21ClN2O/c17-15(12-4-2-1-3-5-12)16(20)18-13-8-10-19(11-9-13)14-6-7-14/h1-5,13-15H,6-11H2,(H,18,20). The average Bonchev–Trinajstić information content (AvgIpc) is 3.33. The number of carbonyl (C=O) groups excluding carboxylic acids is 1. The fourth-order valence-electron chi connectivity index (χ4n) is 2.90. The predicted molar refractivity (Wildman–Crippen MR) is 80.8 cm³/mol. The van der Waals surface area contributed by atoms with Crippen molar-refractivity contribution in [1.82, 2.24) is 10.2 Å². The molecule has 20 heavy (non-hydrogen) atoms. The molecule has 1 heterocycles. The van der Waals surface area contributed by atoms with Gasteiger partial charge >= 0.3 is 0 Å². The van der Waals surface area contributed by atoms with Gasteiger partial charge in [-0.2, -0.15) is 0 Å². The lowest BCUT2D eigenvalue weighted by atomic mass is 10.0. The molecule has 1 saturated heterocycles. The number of piperidine rings is 1. The summed E-state index contributed by atoms with van der Waals surface area (Å²) in [6.45, 7) is 2.21. The number of amides is 1. The smallest absolute Gasteiger partial charge is 0.242 e. The van der Waals surface area contributed by atoms with Gasteiger partial charge in [-0.1, -0.05) is 30.3 Å². The summed E-state index contributed by atoms with van der Waals surface area (Å²) in [7, 11) is 0. The van der Waals surface area contributed by atoms with Gasteiger partial charge in [-0.3, -0.25) is 4.79 Å². The van der Waals surface area contributed by atoms with Crippen LogP contribution < -0.4 is 5.32 Å². The molecule has 4 heteroatoms. The molecule has 1 aliphatic heterocycles. The van der Waals surface area contributed by atoms with Gasteiger partial charge in [-0.25, -0.2) is 0 Å². The minimum absolute atomic E-state index is 0.0669. The van der Waals surface area contributed by atoms with E-state index in [2.05, 4.69) is 10.2 Å². The molecule has 0 spiro atoms. The summed E-state index contributed by atoms with van der Waals surface area (Å²) in [5, 5.41) is 2.51. The molecule has 1 unspecified atom stereocenters. The Kier molecular flexibility index (Phi) is 4.27. The van der Waals surface area contributed by atoms with Crippen LogP contribution in [-0.2, 0) is 4.79 Å². The first-order chi connectivity index (χ1) is 9.74. The second kappa shape index (κ2) is 6.15. The summed E-state index contributed by atoms with van der Waals surface area (Å²) in [6.07, 6.45) is 4.80. The van der Waals surface area contributed by atoms with Crippen molar-refractivity contribution in [3.8, 4) is 0 Å². The number of alkyl halides is 1. The van der Waals surface area contributed by atoms with E-state index >= 15 is 0 Å². The number of halogens is 1. The van der Waals surface area contributed by atoms with E-state index in [0.717, 1.165) is 37.5 Å². The van der Waals surface area contributed by atoms with Gasteiger partial charge in [0.2, 0.25) is 5.91 Å². The van der Waals surface area contributed by atoms with E-state index in [1.807, 2.05) is 30.3 Å². The molecule has 108 valence electrons. The van der Waals surface area contributed by atoms with E-state index in [1.54, 1.807) is 0 Å². The molecule has 1 aromatic rings. The zero-order valence-corrected chi connectivity index (χ0v) is 12.4. The molecule has 1 aliphatic carbocycles. The highest BCUT2D eigenvalue weighted by molar-refractivity contribution is 6.30. The van der Waals surface area contributed by atoms with Crippen LogP contribution in [0.4, 0.5) is 0 Å². The molecule has 1 saturated carbocycles. The molecule has 2 fully saturated rings. The molecule has 3 nitrogen and oxygen atoms in total. The van der Waals surface area contributed by atoms with Crippen molar-refractivity contribution in [2.45, 2.75) is 43.1 Å². The highest BCUT2D eigenvalue weighted by Gasteiger charge is 2.32. The maximum Gasteiger partial charge on any atom is 0.242 e. The van der Waals surface area contributed by atoms with Crippen LogP contribution in [0.3, 0.4) is 0 Å². The Morgan fingerprint density at radius 1 is 1.15 bits per heavy atom. The Bertz CT molecular complexity index is 453. The van der Waals surface area contributed by atoms with Crippen molar-refractivity contribution >= 4 is 17.5 Å². The number of nitrogens with zero attached hydrogens (tertiary/aromatic N) is 1. The van der Waals surface area contributed by atoms with Crippen molar-refractivity contribution in [3.63, 3.8) is 0 Å². The lowest BCUT2D eigenvalue weighted by Gasteiger charge is -2.32. The number of nitrogens with one attached hydrogen (secondary N) is 1. The van der Waals surface area contributed by atoms with Crippen molar-refractivity contribution in [1.29, 1.82) is 0 Å². The molecule has 1 aromatic carbocycles. The summed E-state index contributed by atoms with van der Waals surface area (Å²) in [5.74, 6) is -0.0669. The zero-order valence-electron chi connectivity index (χ0n) is 11.6. The van der Waals surface area contributed by atoms with E-state index in [1.165, 1.54) is 12.8 Å². The second-order valence-electron chi connectivity index (χ2n) is 5.82. The zero-order chi connectivity index (χ0) is 13.9. The van der Waals surface area contributed by atoms with Crippen LogP contribution in [0.5, 0.6) is 0 Å². The van der Waals surface area contributed by atoms with E-state index < -0.39 is 5.38 Å². The highest BCUT2D eigenvalue weighted by Crippen LogP contribution is 2.29. The van der Waals surface area contributed by atoms with Gasteiger partial charge in [0.1, 0.15) is 5.38 Å². The molecule has 2 aliphatic rings. The number of hydrogen-bond donors (Lipinski definition) is 1. The third kappa shape index (κ3) is 3.33. The van der Waals surface area contributed by atoms with E-state index in [0.29, 0.717) is 0 Å². The second-order valence-corrected chi connectivity index (χ2v) is 6.26. The topological polar surface area (TPSA) is 32.3 Å². The molecule has 1 amide bonds. The fourth-order valence-corrected chi connectivity index (χ4v) is 3.10. The molecule has 0 aromatic heterocycles. The number of benzene rings is 1. The van der Waals surface area contributed by atoms with E-state index in [4.69, 9.17) is 11.6 Å². The van der Waals surface area contributed by atoms with Crippen LogP contribution in [0, 0.1) is 0 Å². The average molecular weight is 293 g/mol. The van der Waals surface area contributed by atoms with E-state index in [-0.39, 0.29) is 11.9 Å². The molecule has 0 radical (unpaired) electrons. The third-order valence-corrected chi connectivity index (χ3v) is 4.71. The number of carbonyl (C=O) groups is 1. The van der Waals surface area contributed by atoms with Crippen LogP contribution in [0.2, 0.25) is 0 Å².